The Morgan fingerprint density at radius 2 is 2.15 bits per heavy atom. The highest BCUT2D eigenvalue weighted by molar-refractivity contribution is 5.79. The van der Waals surface area contributed by atoms with Gasteiger partial charge in [0.25, 0.3) is 0 Å². The molecule has 0 radical (unpaired) electrons. The number of hydrogen-bond acceptors (Lipinski definition) is 4. The first kappa shape index (κ1) is 12.6. The van der Waals surface area contributed by atoms with Gasteiger partial charge < -0.3 is 9.73 Å². The molecule has 0 aliphatic carbocycles. The SMILES string of the molecule is CNCc1ccc(-c2ccc3oc(=O)n(C)c3c2)nc1. The molecule has 3 aromatic rings. The van der Waals surface area contributed by atoms with Gasteiger partial charge in [-0.1, -0.05) is 6.07 Å². The molecule has 3 rings (SSSR count). The van der Waals surface area contributed by atoms with Crippen LogP contribution in [-0.2, 0) is 13.6 Å². The number of nitrogens with one attached hydrogen (secondary N) is 1. The van der Waals surface area contributed by atoms with Crippen molar-refractivity contribution in [1.29, 1.82) is 0 Å². The Hall–Kier alpha value is -2.40. The van der Waals surface area contributed by atoms with Gasteiger partial charge in [0.15, 0.2) is 5.58 Å². The molecule has 0 unspecified atom stereocenters. The number of rotatable bonds is 3. The maximum Gasteiger partial charge on any atom is 0.419 e. The molecular weight excluding hydrogens is 254 g/mol. The summed E-state index contributed by atoms with van der Waals surface area (Å²) in [5.41, 5.74) is 4.33. The maximum atomic E-state index is 11.5. The molecule has 1 N–H and O–H groups in total. The summed E-state index contributed by atoms with van der Waals surface area (Å²) in [5.74, 6) is -0.352. The fourth-order valence-corrected chi connectivity index (χ4v) is 2.19. The molecule has 5 nitrogen and oxygen atoms in total. The Labute approximate surface area is 115 Å². The Bertz CT molecular complexity index is 800. The van der Waals surface area contributed by atoms with Gasteiger partial charge in [0.1, 0.15) is 0 Å². The summed E-state index contributed by atoms with van der Waals surface area (Å²) in [5, 5.41) is 3.09. The monoisotopic (exact) mass is 269 g/mol. The number of aromatic nitrogens is 2. The maximum absolute atomic E-state index is 11.5. The fraction of sp³-hybridized carbons (Fsp3) is 0.200. The van der Waals surface area contributed by atoms with Crippen LogP contribution in [0.4, 0.5) is 0 Å². The second-order valence-electron chi connectivity index (χ2n) is 4.69. The quantitative estimate of drug-likeness (QED) is 0.789. The van der Waals surface area contributed by atoms with Crippen molar-refractivity contribution < 1.29 is 4.42 Å². The van der Waals surface area contributed by atoms with Crippen molar-refractivity contribution >= 4 is 11.1 Å². The molecule has 0 amide bonds. The van der Waals surface area contributed by atoms with Gasteiger partial charge in [0.05, 0.1) is 11.2 Å². The van der Waals surface area contributed by atoms with Gasteiger partial charge in [-0.3, -0.25) is 9.55 Å². The van der Waals surface area contributed by atoms with Crippen molar-refractivity contribution in [2.75, 3.05) is 7.05 Å². The number of nitrogens with zero attached hydrogens (tertiary/aromatic N) is 2. The molecule has 2 aromatic heterocycles. The zero-order valence-electron chi connectivity index (χ0n) is 11.4. The molecule has 0 spiro atoms. The number of fused-ring (bicyclic) bond motifs is 1. The summed E-state index contributed by atoms with van der Waals surface area (Å²) in [6.45, 7) is 0.794. The van der Waals surface area contributed by atoms with Crippen LogP contribution in [0.3, 0.4) is 0 Å². The Morgan fingerprint density at radius 1 is 1.30 bits per heavy atom. The van der Waals surface area contributed by atoms with E-state index in [1.54, 1.807) is 13.1 Å². The third-order valence-corrected chi connectivity index (χ3v) is 3.29. The average molecular weight is 269 g/mol. The van der Waals surface area contributed by atoms with E-state index in [0.29, 0.717) is 5.58 Å². The van der Waals surface area contributed by atoms with Gasteiger partial charge in [-0.05, 0) is 36.9 Å². The minimum Gasteiger partial charge on any atom is -0.408 e. The summed E-state index contributed by atoms with van der Waals surface area (Å²) < 4.78 is 6.61. The number of benzene rings is 1. The summed E-state index contributed by atoms with van der Waals surface area (Å²) in [4.78, 5) is 15.9. The molecule has 102 valence electrons. The molecule has 0 atom stereocenters. The first-order chi connectivity index (χ1) is 9.69. The lowest BCUT2D eigenvalue weighted by Gasteiger charge is -2.03. The van der Waals surface area contributed by atoms with Crippen molar-refractivity contribution in [2.24, 2.45) is 7.05 Å². The van der Waals surface area contributed by atoms with Crippen molar-refractivity contribution in [3.63, 3.8) is 0 Å². The molecule has 0 bridgehead atoms. The van der Waals surface area contributed by atoms with Crippen LogP contribution < -0.4 is 11.1 Å². The van der Waals surface area contributed by atoms with Crippen LogP contribution in [-0.4, -0.2) is 16.6 Å². The summed E-state index contributed by atoms with van der Waals surface area (Å²) >= 11 is 0. The highest BCUT2D eigenvalue weighted by Crippen LogP contribution is 2.22. The van der Waals surface area contributed by atoms with Gasteiger partial charge in [0, 0.05) is 25.4 Å². The smallest absolute Gasteiger partial charge is 0.408 e. The van der Waals surface area contributed by atoms with E-state index in [2.05, 4.69) is 10.3 Å². The van der Waals surface area contributed by atoms with Crippen molar-refractivity contribution in [2.45, 2.75) is 6.54 Å². The lowest BCUT2D eigenvalue weighted by molar-refractivity contribution is 0.528. The first-order valence-electron chi connectivity index (χ1n) is 6.38. The molecule has 20 heavy (non-hydrogen) atoms. The van der Waals surface area contributed by atoms with Crippen LogP contribution in [0.15, 0.2) is 45.7 Å². The van der Waals surface area contributed by atoms with Gasteiger partial charge in [0.2, 0.25) is 0 Å². The second kappa shape index (κ2) is 4.94. The van der Waals surface area contributed by atoms with Gasteiger partial charge in [-0.2, -0.15) is 0 Å². The average Bonchev–Trinajstić information content (AvgIpc) is 2.75. The van der Waals surface area contributed by atoms with Crippen LogP contribution in [0.5, 0.6) is 0 Å². The lowest BCUT2D eigenvalue weighted by atomic mass is 10.1. The summed E-state index contributed by atoms with van der Waals surface area (Å²) in [7, 11) is 3.60. The van der Waals surface area contributed by atoms with Crippen LogP contribution >= 0.6 is 0 Å². The summed E-state index contributed by atoms with van der Waals surface area (Å²) in [6, 6.07) is 9.64. The number of oxazole rings is 1. The molecule has 5 heteroatoms. The standard InChI is InChI=1S/C15H15N3O2/c1-16-8-10-3-5-12(17-9-10)11-4-6-14-13(7-11)18(2)15(19)20-14/h3-7,9,16H,8H2,1-2H3. The second-order valence-corrected chi connectivity index (χ2v) is 4.69. The van der Waals surface area contributed by atoms with Crippen LogP contribution in [0.2, 0.25) is 0 Å². The predicted molar refractivity (Wildman–Crippen MR) is 77.4 cm³/mol. The number of aryl methyl sites for hydroxylation is 1. The molecule has 1 aromatic carbocycles. The zero-order valence-corrected chi connectivity index (χ0v) is 11.4. The molecular formula is C15H15N3O2. The van der Waals surface area contributed by atoms with Crippen LogP contribution in [0.1, 0.15) is 5.56 Å². The third kappa shape index (κ3) is 2.12. The van der Waals surface area contributed by atoms with E-state index in [1.807, 2.05) is 37.5 Å². The Morgan fingerprint density at radius 3 is 2.85 bits per heavy atom. The van der Waals surface area contributed by atoms with Crippen LogP contribution in [0.25, 0.3) is 22.4 Å². The third-order valence-electron chi connectivity index (χ3n) is 3.29. The van der Waals surface area contributed by atoms with E-state index < -0.39 is 0 Å². The summed E-state index contributed by atoms with van der Waals surface area (Å²) in [6.07, 6.45) is 1.85. The van der Waals surface area contributed by atoms with E-state index in [9.17, 15) is 4.79 Å². The molecule has 0 fully saturated rings. The lowest BCUT2D eigenvalue weighted by Crippen LogP contribution is -2.08. The van der Waals surface area contributed by atoms with Crippen molar-refractivity contribution in [3.8, 4) is 11.3 Å². The topological polar surface area (TPSA) is 60.1 Å². The van der Waals surface area contributed by atoms with Gasteiger partial charge in [-0.15, -0.1) is 0 Å². The van der Waals surface area contributed by atoms with Crippen molar-refractivity contribution in [1.82, 2.24) is 14.9 Å². The molecule has 0 aliphatic heterocycles. The Kier molecular flexibility index (Phi) is 3.12. The fourth-order valence-electron chi connectivity index (χ4n) is 2.19. The van der Waals surface area contributed by atoms with E-state index >= 15 is 0 Å². The minimum absolute atomic E-state index is 0.352. The van der Waals surface area contributed by atoms with Crippen molar-refractivity contribution in [3.05, 3.63) is 52.6 Å². The highest BCUT2D eigenvalue weighted by Gasteiger charge is 2.08. The number of hydrogen-bond donors (Lipinski definition) is 1. The van der Waals surface area contributed by atoms with Gasteiger partial charge in [-0.25, -0.2) is 4.79 Å². The van der Waals surface area contributed by atoms with E-state index in [-0.39, 0.29) is 5.76 Å². The van der Waals surface area contributed by atoms with Gasteiger partial charge >= 0.3 is 5.76 Å². The first-order valence-corrected chi connectivity index (χ1v) is 6.38. The zero-order chi connectivity index (χ0) is 14.1. The number of pyridine rings is 1. The van der Waals surface area contributed by atoms with E-state index in [1.165, 1.54) is 4.57 Å². The Balaban J connectivity index is 2.05. The highest BCUT2D eigenvalue weighted by atomic mass is 16.4. The largest absolute Gasteiger partial charge is 0.419 e. The molecule has 0 saturated carbocycles. The predicted octanol–water partition coefficient (Wildman–Crippen LogP) is 1.91. The normalized spacial score (nSPS) is 11.1. The molecule has 2 heterocycles. The minimum atomic E-state index is -0.352. The van der Waals surface area contributed by atoms with E-state index in [0.717, 1.165) is 28.9 Å². The molecule has 0 saturated heterocycles. The molecule has 0 aliphatic rings. The van der Waals surface area contributed by atoms with Crippen LogP contribution in [0, 0.1) is 0 Å². The van der Waals surface area contributed by atoms with E-state index in [4.69, 9.17) is 4.42 Å².